The second-order valence-corrected chi connectivity index (χ2v) is 6.46. The minimum Gasteiger partial charge on any atom is -0.456 e. The van der Waals surface area contributed by atoms with Crippen molar-refractivity contribution in [2.24, 2.45) is 0 Å². The van der Waals surface area contributed by atoms with Crippen LogP contribution in [0, 0.1) is 3.57 Å². The number of halogens is 2. The van der Waals surface area contributed by atoms with E-state index in [2.05, 4.69) is 41.8 Å². The van der Waals surface area contributed by atoms with Crippen molar-refractivity contribution >= 4 is 34.2 Å². The highest BCUT2D eigenvalue weighted by Crippen LogP contribution is 2.31. The molecule has 0 aromatic heterocycles. The van der Waals surface area contributed by atoms with Crippen molar-refractivity contribution in [2.75, 3.05) is 6.54 Å². The molecule has 112 valence electrons. The summed E-state index contributed by atoms with van der Waals surface area (Å²) in [5.41, 5.74) is 1.10. The Hall–Kier alpha value is -0.780. The zero-order chi connectivity index (χ0) is 15.2. The number of nitrogens with one attached hydrogen (secondary N) is 1. The average Bonchev–Trinajstić information content (AvgIpc) is 2.47. The number of benzene rings is 2. The molecule has 2 aromatic rings. The van der Waals surface area contributed by atoms with E-state index in [0.29, 0.717) is 0 Å². The number of rotatable bonds is 6. The Morgan fingerprint density at radius 2 is 2.00 bits per heavy atom. The molecule has 1 N–H and O–H groups in total. The van der Waals surface area contributed by atoms with Crippen LogP contribution in [0.2, 0.25) is 5.02 Å². The van der Waals surface area contributed by atoms with Crippen molar-refractivity contribution in [2.45, 2.75) is 26.3 Å². The van der Waals surface area contributed by atoms with Gasteiger partial charge in [0.15, 0.2) is 0 Å². The highest BCUT2D eigenvalue weighted by molar-refractivity contribution is 14.1. The van der Waals surface area contributed by atoms with Crippen LogP contribution in [0.5, 0.6) is 11.5 Å². The van der Waals surface area contributed by atoms with Gasteiger partial charge in [-0.05, 0) is 72.3 Å². The summed E-state index contributed by atoms with van der Waals surface area (Å²) in [6.45, 7) is 5.26. The van der Waals surface area contributed by atoms with Gasteiger partial charge >= 0.3 is 0 Å². The van der Waals surface area contributed by atoms with Crippen LogP contribution in [0.15, 0.2) is 42.5 Å². The Morgan fingerprint density at radius 3 is 2.67 bits per heavy atom. The van der Waals surface area contributed by atoms with Crippen LogP contribution in [0.4, 0.5) is 0 Å². The molecule has 2 rings (SSSR count). The summed E-state index contributed by atoms with van der Waals surface area (Å²) in [4.78, 5) is 0. The first-order valence-corrected chi connectivity index (χ1v) is 8.52. The van der Waals surface area contributed by atoms with E-state index < -0.39 is 0 Å². The van der Waals surface area contributed by atoms with E-state index in [1.807, 2.05) is 42.5 Å². The number of hydrogen-bond donors (Lipinski definition) is 1. The zero-order valence-corrected chi connectivity index (χ0v) is 15.1. The molecule has 1 atom stereocenters. The molecule has 0 bridgehead atoms. The molecule has 0 fully saturated rings. The lowest BCUT2D eigenvalue weighted by Gasteiger charge is -2.16. The predicted octanol–water partition coefficient (Wildman–Crippen LogP) is 5.80. The molecule has 0 saturated heterocycles. The van der Waals surface area contributed by atoms with E-state index in [9.17, 15) is 0 Å². The lowest BCUT2D eigenvalue weighted by Crippen LogP contribution is -2.19. The van der Waals surface area contributed by atoms with E-state index in [4.69, 9.17) is 16.3 Å². The molecule has 0 aliphatic carbocycles. The maximum atomic E-state index is 6.39. The van der Waals surface area contributed by atoms with Gasteiger partial charge in [-0.2, -0.15) is 0 Å². The Kier molecular flexibility index (Phi) is 6.33. The minimum absolute atomic E-state index is 0.239. The first-order chi connectivity index (χ1) is 10.1. The quantitative estimate of drug-likeness (QED) is 0.602. The number of para-hydroxylation sites is 1. The van der Waals surface area contributed by atoms with Crippen molar-refractivity contribution < 1.29 is 4.74 Å². The zero-order valence-electron chi connectivity index (χ0n) is 12.2. The summed E-state index contributed by atoms with van der Waals surface area (Å²) < 4.78 is 6.97. The maximum Gasteiger partial charge on any atom is 0.140 e. The van der Waals surface area contributed by atoms with Crippen LogP contribution in [0.25, 0.3) is 0 Å². The van der Waals surface area contributed by atoms with Crippen molar-refractivity contribution in [3.63, 3.8) is 0 Å². The van der Waals surface area contributed by atoms with Gasteiger partial charge in [0.05, 0.1) is 3.57 Å². The molecule has 4 heteroatoms. The topological polar surface area (TPSA) is 21.3 Å². The summed E-state index contributed by atoms with van der Waals surface area (Å²) in [5, 5.41) is 4.17. The van der Waals surface area contributed by atoms with Crippen molar-refractivity contribution in [3.05, 3.63) is 56.6 Å². The van der Waals surface area contributed by atoms with E-state index in [-0.39, 0.29) is 6.04 Å². The summed E-state index contributed by atoms with van der Waals surface area (Å²) in [6.07, 6.45) is 1.11. The Labute approximate surface area is 145 Å². The highest BCUT2D eigenvalue weighted by atomic mass is 127. The molecule has 21 heavy (non-hydrogen) atoms. The molecule has 0 amide bonds. The van der Waals surface area contributed by atoms with E-state index in [1.165, 1.54) is 0 Å². The standard InChI is InChI=1S/C17H19ClINO/c1-3-10-20-12(2)14-9-8-13(11-15(14)18)21-17-7-5-4-6-16(17)19/h4-9,11-12,20H,3,10H2,1-2H3. The molecule has 2 nitrogen and oxygen atoms in total. The average molecular weight is 416 g/mol. The Balaban J connectivity index is 2.14. The molecule has 0 radical (unpaired) electrons. The normalized spacial score (nSPS) is 12.2. The van der Waals surface area contributed by atoms with Crippen LogP contribution < -0.4 is 10.1 Å². The fourth-order valence-corrected chi connectivity index (χ4v) is 2.88. The largest absolute Gasteiger partial charge is 0.456 e. The molecular weight excluding hydrogens is 397 g/mol. The predicted molar refractivity (Wildman–Crippen MR) is 97.4 cm³/mol. The van der Waals surface area contributed by atoms with Gasteiger partial charge in [-0.3, -0.25) is 0 Å². The lowest BCUT2D eigenvalue weighted by atomic mass is 10.1. The molecule has 0 saturated carbocycles. The lowest BCUT2D eigenvalue weighted by molar-refractivity contribution is 0.478. The van der Waals surface area contributed by atoms with Gasteiger partial charge in [-0.15, -0.1) is 0 Å². The van der Waals surface area contributed by atoms with Crippen LogP contribution in [0.3, 0.4) is 0 Å². The fourth-order valence-electron chi connectivity index (χ4n) is 2.05. The van der Waals surface area contributed by atoms with Gasteiger partial charge in [-0.1, -0.05) is 36.7 Å². The van der Waals surface area contributed by atoms with Crippen LogP contribution in [-0.4, -0.2) is 6.54 Å². The van der Waals surface area contributed by atoms with Crippen molar-refractivity contribution in [1.82, 2.24) is 5.32 Å². The van der Waals surface area contributed by atoms with Gasteiger partial charge in [0.1, 0.15) is 11.5 Å². The first kappa shape index (κ1) is 16.6. The summed E-state index contributed by atoms with van der Waals surface area (Å²) in [7, 11) is 0. The second kappa shape index (κ2) is 8.01. The first-order valence-electron chi connectivity index (χ1n) is 7.07. The van der Waals surface area contributed by atoms with Gasteiger partial charge < -0.3 is 10.1 Å². The van der Waals surface area contributed by atoms with Gasteiger partial charge in [0.25, 0.3) is 0 Å². The van der Waals surface area contributed by atoms with Crippen LogP contribution >= 0.6 is 34.2 Å². The summed E-state index contributed by atoms with van der Waals surface area (Å²) in [6, 6.07) is 14.0. The van der Waals surface area contributed by atoms with Gasteiger partial charge in [0.2, 0.25) is 0 Å². The van der Waals surface area contributed by atoms with E-state index >= 15 is 0 Å². The monoisotopic (exact) mass is 415 g/mol. The highest BCUT2D eigenvalue weighted by Gasteiger charge is 2.10. The maximum absolute atomic E-state index is 6.39. The molecule has 0 aliphatic heterocycles. The second-order valence-electron chi connectivity index (χ2n) is 4.89. The van der Waals surface area contributed by atoms with Crippen molar-refractivity contribution in [1.29, 1.82) is 0 Å². The van der Waals surface area contributed by atoms with Crippen LogP contribution in [0.1, 0.15) is 31.9 Å². The Morgan fingerprint density at radius 1 is 1.24 bits per heavy atom. The Bertz CT molecular complexity index is 603. The van der Waals surface area contributed by atoms with E-state index in [0.717, 1.165) is 38.6 Å². The van der Waals surface area contributed by atoms with Gasteiger partial charge in [0, 0.05) is 11.1 Å². The molecule has 0 heterocycles. The smallest absolute Gasteiger partial charge is 0.140 e. The molecule has 0 spiro atoms. The molecule has 1 unspecified atom stereocenters. The van der Waals surface area contributed by atoms with Crippen molar-refractivity contribution in [3.8, 4) is 11.5 Å². The minimum atomic E-state index is 0.239. The fraction of sp³-hybridized carbons (Fsp3) is 0.294. The number of ether oxygens (including phenoxy) is 1. The third-order valence-corrected chi connectivity index (χ3v) is 4.42. The summed E-state index contributed by atoms with van der Waals surface area (Å²) in [5.74, 6) is 1.61. The SMILES string of the molecule is CCCNC(C)c1ccc(Oc2ccccc2I)cc1Cl. The van der Waals surface area contributed by atoms with E-state index in [1.54, 1.807) is 0 Å². The summed E-state index contributed by atoms with van der Waals surface area (Å²) >= 11 is 8.65. The molecule has 2 aromatic carbocycles. The third-order valence-electron chi connectivity index (χ3n) is 3.20. The van der Waals surface area contributed by atoms with Crippen LogP contribution in [-0.2, 0) is 0 Å². The third kappa shape index (κ3) is 4.59. The number of hydrogen-bond acceptors (Lipinski definition) is 2. The van der Waals surface area contributed by atoms with Gasteiger partial charge in [-0.25, -0.2) is 0 Å². The molecule has 0 aliphatic rings. The molecular formula is C17H19ClINO.